The molecular formula is C29H22O4S2. The Hall–Kier alpha value is -3.22. The predicted octanol–water partition coefficient (Wildman–Crippen LogP) is 6.27. The number of sulfone groups is 2. The topological polar surface area (TPSA) is 68.3 Å². The third-order valence-corrected chi connectivity index (χ3v) is 12.3. The summed E-state index contributed by atoms with van der Waals surface area (Å²) in [5.74, 6) is 0.481. The van der Waals surface area contributed by atoms with Gasteiger partial charge in [-0.1, -0.05) is 72.8 Å². The van der Waals surface area contributed by atoms with Crippen LogP contribution in [-0.2, 0) is 19.7 Å². The highest BCUT2D eigenvalue weighted by atomic mass is 32.3. The number of benzene rings is 4. The van der Waals surface area contributed by atoms with Gasteiger partial charge in [-0.15, -0.1) is 0 Å². The lowest BCUT2D eigenvalue weighted by Crippen LogP contribution is -2.16. The Labute approximate surface area is 204 Å². The summed E-state index contributed by atoms with van der Waals surface area (Å²) in [6, 6.07) is 21.8. The van der Waals surface area contributed by atoms with Crippen molar-refractivity contribution < 1.29 is 16.8 Å². The van der Waals surface area contributed by atoms with Crippen molar-refractivity contribution in [1.82, 2.24) is 0 Å². The van der Waals surface area contributed by atoms with Crippen molar-refractivity contribution in [1.29, 1.82) is 0 Å². The van der Waals surface area contributed by atoms with Crippen LogP contribution in [0.15, 0.2) is 105 Å². The first-order valence-corrected chi connectivity index (χ1v) is 14.8. The van der Waals surface area contributed by atoms with E-state index >= 15 is 0 Å². The highest BCUT2D eigenvalue weighted by molar-refractivity contribution is 8.14. The molecule has 2 aliphatic carbocycles. The molecular weight excluding hydrogens is 476 g/mol. The van der Waals surface area contributed by atoms with E-state index in [4.69, 9.17) is 0 Å². The molecule has 1 aliphatic heterocycles. The van der Waals surface area contributed by atoms with Gasteiger partial charge in [0.05, 0.1) is 9.79 Å². The van der Waals surface area contributed by atoms with Gasteiger partial charge < -0.3 is 0 Å². The predicted molar refractivity (Wildman–Crippen MR) is 138 cm³/mol. The van der Waals surface area contributed by atoms with Crippen molar-refractivity contribution in [2.45, 2.75) is 22.6 Å². The fraction of sp³-hybridized carbons (Fsp3) is 0.172. The zero-order chi connectivity index (χ0) is 23.9. The maximum atomic E-state index is 14.2. The summed E-state index contributed by atoms with van der Waals surface area (Å²) in [6.45, 7) is 0. The lowest BCUT2D eigenvalue weighted by atomic mass is 9.94. The van der Waals surface area contributed by atoms with Crippen LogP contribution in [0.3, 0.4) is 0 Å². The highest BCUT2D eigenvalue weighted by Crippen LogP contribution is 2.51. The molecule has 3 aliphatic rings. The van der Waals surface area contributed by atoms with E-state index in [0.717, 1.165) is 34.4 Å². The summed E-state index contributed by atoms with van der Waals surface area (Å²) in [4.78, 5) is 0.111. The summed E-state index contributed by atoms with van der Waals surface area (Å²) < 4.78 is 56.4. The minimum Gasteiger partial charge on any atom is -0.218 e. The first-order chi connectivity index (χ1) is 16.9. The molecule has 0 N–H and O–H groups in total. The number of hydrogen-bond donors (Lipinski definition) is 0. The Balaban J connectivity index is 1.66. The second-order valence-electron chi connectivity index (χ2n) is 9.76. The number of hydrogen-bond acceptors (Lipinski definition) is 4. The van der Waals surface area contributed by atoms with Crippen LogP contribution in [0.5, 0.6) is 0 Å². The van der Waals surface area contributed by atoms with Gasteiger partial charge in [-0.25, -0.2) is 16.8 Å². The van der Waals surface area contributed by atoms with Crippen LogP contribution >= 0.6 is 0 Å². The van der Waals surface area contributed by atoms with E-state index in [9.17, 15) is 16.8 Å². The van der Waals surface area contributed by atoms with Gasteiger partial charge in [0.2, 0.25) is 19.7 Å². The first-order valence-electron chi connectivity index (χ1n) is 11.8. The van der Waals surface area contributed by atoms with Gasteiger partial charge in [0.15, 0.2) is 4.24 Å². The smallest absolute Gasteiger partial charge is 0.218 e. The van der Waals surface area contributed by atoms with Gasteiger partial charge in [0.1, 0.15) is 0 Å². The van der Waals surface area contributed by atoms with E-state index < -0.39 is 23.9 Å². The van der Waals surface area contributed by atoms with Crippen LogP contribution in [0, 0.1) is 17.8 Å². The molecule has 0 spiro atoms. The summed E-state index contributed by atoms with van der Waals surface area (Å²) in [7, 11) is -8.62. The molecule has 4 aromatic carbocycles. The summed E-state index contributed by atoms with van der Waals surface area (Å²) >= 11 is 0. The second-order valence-corrected chi connectivity index (χ2v) is 13.8. The average Bonchev–Trinajstić information content (AvgIpc) is 3.48. The zero-order valence-corrected chi connectivity index (χ0v) is 20.4. The van der Waals surface area contributed by atoms with Gasteiger partial charge in [-0.3, -0.25) is 0 Å². The van der Waals surface area contributed by atoms with Crippen LogP contribution in [0.1, 0.15) is 12.8 Å². The van der Waals surface area contributed by atoms with Crippen LogP contribution in [0.4, 0.5) is 0 Å². The molecule has 174 valence electrons. The molecule has 0 saturated heterocycles. The summed E-state index contributed by atoms with van der Waals surface area (Å²) in [6.07, 6.45) is 7.55. The van der Waals surface area contributed by atoms with Crippen LogP contribution in [0.25, 0.3) is 32.7 Å². The van der Waals surface area contributed by atoms with Crippen LogP contribution in [-0.4, -0.2) is 16.8 Å². The second kappa shape index (κ2) is 7.15. The van der Waals surface area contributed by atoms with Crippen LogP contribution in [0.2, 0.25) is 0 Å². The molecule has 0 amide bonds. The molecule has 3 atom stereocenters. The molecule has 0 aromatic heterocycles. The van der Waals surface area contributed by atoms with Gasteiger partial charge in [0.25, 0.3) is 0 Å². The molecule has 2 bridgehead atoms. The van der Waals surface area contributed by atoms with E-state index in [1.807, 2.05) is 48.5 Å². The molecule has 3 unspecified atom stereocenters. The monoisotopic (exact) mass is 498 g/mol. The lowest BCUT2D eigenvalue weighted by Gasteiger charge is -2.16. The maximum Gasteiger partial charge on any atom is 0.218 e. The molecule has 6 heteroatoms. The van der Waals surface area contributed by atoms with Gasteiger partial charge >= 0.3 is 0 Å². The molecule has 4 aromatic rings. The van der Waals surface area contributed by atoms with E-state index in [2.05, 4.69) is 12.2 Å². The Morgan fingerprint density at radius 1 is 0.629 bits per heavy atom. The SMILES string of the molecule is O=S1(=O)C(=CC2CC3C=CC2C3)S(=O)(=O)c2ccc3ccccc3c2-c2c1ccc1ccccc21. The minimum atomic E-state index is -4.31. The number of fused-ring (bicyclic) bond motifs is 9. The molecule has 0 radical (unpaired) electrons. The summed E-state index contributed by atoms with van der Waals surface area (Å²) in [5, 5.41) is 3.18. The Morgan fingerprint density at radius 2 is 1.17 bits per heavy atom. The van der Waals surface area contributed by atoms with Crippen molar-refractivity contribution in [2.75, 3.05) is 0 Å². The van der Waals surface area contributed by atoms with Crippen molar-refractivity contribution in [3.05, 3.63) is 95.3 Å². The molecule has 1 fully saturated rings. The fourth-order valence-electron chi connectivity index (χ4n) is 6.20. The average molecular weight is 499 g/mol. The third kappa shape index (κ3) is 2.90. The van der Waals surface area contributed by atoms with Gasteiger partial charge in [0, 0.05) is 11.1 Å². The van der Waals surface area contributed by atoms with E-state index in [0.29, 0.717) is 17.0 Å². The normalized spacial score (nSPS) is 25.4. The van der Waals surface area contributed by atoms with E-state index in [1.54, 1.807) is 30.3 Å². The molecule has 1 saturated carbocycles. The Bertz CT molecular complexity index is 1730. The largest absolute Gasteiger partial charge is 0.218 e. The van der Waals surface area contributed by atoms with E-state index in [-0.39, 0.29) is 21.6 Å². The maximum absolute atomic E-state index is 14.2. The lowest BCUT2D eigenvalue weighted by molar-refractivity contribution is 0.547. The minimum absolute atomic E-state index is 0.0554. The zero-order valence-electron chi connectivity index (χ0n) is 18.8. The van der Waals surface area contributed by atoms with Crippen molar-refractivity contribution in [3.63, 3.8) is 0 Å². The fourth-order valence-corrected chi connectivity index (χ4v) is 10.5. The quantitative estimate of drug-likeness (QED) is 0.290. The standard InChI is InChI=1S/C29H22O4S2/c30-34(31)25-13-11-19-5-1-3-7-23(19)28(25)29-24-8-4-2-6-20(24)12-14-26(29)35(32,33)27(34)17-22-16-18-9-10-21(22)15-18/h1-14,17-18,21-22H,15-16H2. The summed E-state index contributed by atoms with van der Waals surface area (Å²) in [5.41, 5.74) is 0.935. The number of allylic oxidation sites excluding steroid dienone is 3. The number of rotatable bonds is 1. The Kier molecular flexibility index (Phi) is 4.31. The molecule has 35 heavy (non-hydrogen) atoms. The van der Waals surface area contributed by atoms with Crippen molar-refractivity contribution in [3.8, 4) is 11.1 Å². The van der Waals surface area contributed by atoms with Gasteiger partial charge in [-0.2, -0.15) is 0 Å². The molecule has 4 nitrogen and oxygen atoms in total. The third-order valence-electron chi connectivity index (χ3n) is 7.82. The first kappa shape index (κ1) is 21.1. The Morgan fingerprint density at radius 3 is 1.66 bits per heavy atom. The molecule has 1 heterocycles. The molecule has 7 rings (SSSR count). The van der Waals surface area contributed by atoms with Crippen molar-refractivity contribution in [2.24, 2.45) is 17.8 Å². The van der Waals surface area contributed by atoms with Crippen molar-refractivity contribution >= 4 is 41.2 Å². The van der Waals surface area contributed by atoms with Crippen LogP contribution < -0.4 is 0 Å². The van der Waals surface area contributed by atoms with Gasteiger partial charge in [-0.05, 0) is 70.3 Å². The highest BCUT2D eigenvalue weighted by Gasteiger charge is 2.44. The van der Waals surface area contributed by atoms with E-state index in [1.165, 1.54) is 0 Å².